The van der Waals surface area contributed by atoms with Gasteiger partial charge in [0, 0.05) is 13.0 Å². The summed E-state index contributed by atoms with van der Waals surface area (Å²) in [4.78, 5) is 36.3. The second-order valence-electron chi connectivity index (χ2n) is 4.35. The number of imide groups is 1. The average Bonchev–Trinajstić information content (AvgIpc) is 2.70. The van der Waals surface area contributed by atoms with Crippen LogP contribution >= 0.6 is 0 Å². The number of ether oxygens (including phenoxy) is 3. The Hall–Kier alpha value is -2.57. The van der Waals surface area contributed by atoms with Crippen molar-refractivity contribution in [1.29, 1.82) is 0 Å². The van der Waals surface area contributed by atoms with Gasteiger partial charge in [0.2, 0.25) is 0 Å². The van der Waals surface area contributed by atoms with Gasteiger partial charge in [0.25, 0.3) is 11.8 Å². The van der Waals surface area contributed by atoms with Crippen molar-refractivity contribution < 1.29 is 28.6 Å². The average molecular weight is 293 g/mol. The fraction of sp³-hybridized carbons (Fsp3) is 0.357. The minimum Gasteiger partial charge on any atom is -0.497 e. The summed E-state index contributed by atoms with van der Waals surface area (Å²) in [6, 6.07) is 3.03. The Morgan fingerprint density at radius 3 is 2.43 bits per heavy atom. The number of rotatable bonds is 5. The second-order valence-corrected chi connectivity index (χ2v) is 4.35. The van der Waals surface area contributed by atoms with Gasteiger partial charge in [-0.05, 0) is 6.07 Å². The molecular formula is C14H15NO6. The molecule has 1 aliphatic rings. The summed E-state index contributed by atoms with van der Waals surface area (Å²) >= 11 is 0. The monoisotopic (exact) mass is 293 g/mol. The number of carbonyl (C=O) groups excluding carboxylic acids is 3. The van der Waals surface area contributed by atoms with E-state index in [9.17, 15) is 14.4 Å². The summed E-state index contributed by atoms with van der Waals surface area (Å²) in [5.74, 6) is -0.696. The highest BCUT2D eigenvalue weighted by molar-refractivity contribution is 6.22. The Morgan fingerprint density at radius 2 is 1.86 bits per heavy atom. The van der Waals surface area contributed by atoms with Crippen LogP contribution in [0.25, 0.3) is 0 Å². The van der Waals surface area contributed by atoms with Crippen LogP contribution in [0.15, 0.2) is 12.1 Å². The van der Waals surface area contributed by atoms with Gasteiger partial charge in [0.05, 0.1) is 31.9 Å². The van der Waals surface area contributed by atoms with Gasteiger partial charge < -0.3 is 14.2 Å². The van der Waals surface area contributed by atoms with Crippen LogP contribution in [0.5, 0.6) is 11.5 Å². The molecule has 1 aromatic rings. The first-order valence-corrected chi connectivity index (χ1v) is 6.25. The lowest BCUT2D eigenvalue weighted by molar-refractivity contribution is -0.141. The molecule has 0 unspecified atom stereocenters. The first-order chi connectivity index (χ1) is 9.99. The van der Waals surface area contributed by atoms with E-state index in [1.807, 2.05) is 0 Å². The number of fused-ring (bicyclic) bond motifs is 1. The molecular weight excluding hydrogens is 278 g/mol. The molecule has 0 bridgehead atoms. The molecule has 7 heteroatoms. The Bertz CT molecular complexity index is 610. The minimum absolute atomic E-state index is 0.00258. The van der Waals surface area contributed by atoms with Crippen LogP contribution in [0.2, 0.25) is 0 Å². The van der Waals surface area contributed by atoms with Crippen molar-refractivity contribution in [2.45, 2.75) is 6.92 Å². The summed E-state index contributed by atoms with van der Waals surface area (Å²) in [6.07, 6.45) is 0. The lowest BCUT2D eigenvalue weighted by atomic mass is 10.1. The topological polar surface area (TPSA) is 82.1 Å². The molecule has 1 aromatic carbocycles. The number of hydrogen-bond acceptors (Lipinski definition) is 6. The van der Waals surface area contributed by atoms with Crippen molar-refractivity contribution >= 4 is 17.8 Å². The highest BCUT2D eigenvalue weighted by Gasteiger charge is 2.38. The van der Waals surface area contributed by atoms with Gasteiger partial charge in [-0.3, -0.25) is 19.3 Å². The zero-order valence-electron chi connectivity index (χ0n) is 12.0. The maximum Gasteiger partial charge on any atom is 0.302 e. The zero-order valence-corrected chi connectivity index (χ0v) is 12.0. The molecule has 0 saturated heterocycles. The van der Waals surface area contributed by atoms with Crippen molar-refractivity contribution in [3.05, 3.63) is 23.3 Å². The normalized spacial score (nSPS) is 13.2. The highest BCUT2D eigenvalue weighted by atomic mass is 16.5. The molecule has 2 amide bonds. The third kappa shape index (κ3) is 2.67. The molecule has 0 spiro atoms. The summed E-state index contributed by atoms with van der Waals surface area (Å²) in [6.45, 7) is 1.22. The molecule has 112 valence electrons. The molecule has 7 nitrogen and oxygen atoms in total. The van der Waals surface area contributed by atoms with Crippen LogP contribution in [0.4, 0.5) is 0 Å². The van der Waals surface area contributed by atoms with Gasteiger partial charge >= 0.3 is 5.97 Å². The predicted molar refractivity (Wildman–Crippen MR) is 71.5 cm³/mol. The van der Waals surface area contributed by atoms with E-state index in [-0.39, 0.29) is 30.0 Å². The van der Waals surface area contributed by atoms with Crippen molar-refractivity contribution in [2.75, 3.05) is 27.4 Å². The van der Waals surface area contributed by atoms with Gasteiger partial charge in [-0.15, -0.1) is 0 Å². The quantitative estimate of drug-likeness (QED) is 0.591. The van der Waals surface area contributed by atoms with Crippen LogP contribution in [-0.4, -0.2) is 50.1 Å². The van der Waals surface area contributed by atoms with E-state index in [1.165, 1.54) is 27.2 Å². The van der Waals surface area contributed by atoms with E-state index in [0.717, 1.165) is 4.90 Å². The van der Waals surface area contributed by atoms with Crippen molar-refractivity contribution in [3.63, 3.8) is 0 Å². The summed E-state index contributed by atoms with van der Waals surface area (Å²) in [5.41, 5.74) is 0.421. The third-order valence-electron chi connectivity index (χ3n) is 3.09. The molecule has 0 atom stereocenters. The SMILES string of the molecule is COc1cc(OC)c2c(c1)C(=O)N(CCOC(C)=O)C2=O. The van der Waals surface area contributed by atoms with E-state index in [1.54, 1.807) is 6.07 Å². The smallest absolute Gasteiger partial charge is 0.302 e. The summed E-state index contributed by atoms with van der Waals surface area (Å²) in [7, 11) is 2.87. The van der Waals surface area contributed by atoms with Gasteiger partial charge in [-0.1, -0.05) is 0 Å². The number of amides is 2. The molecule has 0 radical (unpaired) electrons. The van der Waals surface area contributed by atoms with Crippen molar-refractivity contribution in [2.24, 2.45) is 0 Å². The fourth-order valence-corrected chi connectivity index (χ4v) is 2.11. The van der Waals surface area contributed by atoms with Gasteiger partial charge in [0.15, 0.2) is 0 Å². The predicted octanol–water partition coefficient (Wildman–Crippen LogP) is 0.863. The third-order valence-corrected chi connectivity index (χ3v) is 3.09. The van der Waals surface area contributed by atoms with Gasteiger partial charge in [-0.25, -0.2) is 0 Å². The molecule has 2 rings (SSSR count). The number of esters is 1. The second kappa shape index (κ2) is 5.82. The maximum atomic E-state index is 12.3. The first-order valence-electron chi connectivity index (χ1n) is 6.25. The maximum absolute atomic E-state index is 12.3. The number of methoxy groups -OCH3 is 2. The molecule has 0 N–H and O–H groups in total. The molecule has 0 aliphatic carbocycles. The number of nitrogens with zero attached hydrogens (tertiary/aromatic N) is 1. The van der Waals surface area contributed by atoms with Crippen molar-refractivity contribution in [1.82, 2.24) is 4.90 Å². The Kier molecular flexibility index (Phi) is 4.11. The minimum atomic E-state index is -0.471. The van der Waals surface area contributed by atoms with Crippen LogP contribution in [-0.2, 0) is 9.53 Å². The fourth-order valence-electron chi connectivity index (χ4n) is 2.11. The highest BCUT2D eigenvalue weighted by Crippen LogP contribution is 2.34. The molecule has 1 aliphatic heterocycles. The van der Waals surface area contributed by atoms with Gasteiger partial charge in [0.1, 0.15) is 18.1 Å². The molecule has 1 heterocycles. The van der Waals surface area contributed by atoms with Gasteiger partial charge in [-0.2, -0.15) is 0 Å². The van der Waals surface area contributed by atoms with Crippen molar-refractivity contribution in [3.8, 4) is 11.5 Å². The van der Waals surface area contributed by atoms with Crippen LogP contribution in [0.3, 0.4) is 0 Å². The standard InChI is InChI=1S/C14H15NO6/c1-8(16)21-5-4-15-13(17)10-6-9(19-2)7-11(20-3)12(10)14(15)18/h6-7H,4-5H2,1-3H3. The van der Waals surface area contributed by atoms with Crippen LogP contribution < -0.4 is 9.47 Å². The number of hydrogen-bond donors (Lipinski definition) is 0. The molecule has 0 aromatic heterocycles. The van der Waals surface area contributed by atoms with Crippen LogP contribution in [0.1, 0.15) is 27.6 Å². The van der Waals surface area contributed by atoms with E-state index in [2.05, 4.69) is 0 Å². The first kappa shape index (κ1) is 14.8. The molecule has 21 heavy (non-hydrogen) atoms. The molecule has 0 fully saturated rings. The number of benzene rings is 1. The van der Waals surface area contributed by atoms with E-state index in [4.69, 9.17) is 14.2 Å². The zero-order chi connectivity index (χ0) is 15.6. The Labute approximate surface area is 121 Å². The van der Waals surface area contributed by atoms with E-state index in [0.29, 0.717) is 5.75 Å². The molecule has 0 saturated carbocycles. The van der Waals surface area contributed by atoms with Crippen LogP contribution in [0, 0.1) is 0 Å². The summed E-state index contributed by atoms with van der Waals surface area (Å²) in [5, 5.41) is 0. The largest absolute Gasteiger partial charge is 0.497 e. The lowest BCUT2D eigenvalue weighted by Crippen LogP contribution is -2.33. The summed E-state index contributed by atoms with van der Waals surface area (Å²) < 4.78 is 15.0. The van der Waals surface area contributed by atoms with E-state index < -0.39 is 17.8 Å². The Morgan fingerprint density at radius 1 is 1.14 bits per heavy atom. The Balaban J connectivity index is 2.30. The lowest BCUT2D eigenvalue weighted by Gasteiger charge is -2.13. The number of carbonyl (C=O) groups is 3. The van der Waals surface area contributed by atoms with E-state index >= 15 is 0 Å².